The molecular weight excluding hydrogens is 379 g/mol. The van der Waals surface area contributed by atoms with Gasteiger partial charge in [-0.15, -0.1) is 0 Å². The van der Waals surface area contributed by atoms with Crippen LogP contribution in [-0.2, 0) is 11.1 Å². The Morgan fingerprint density at radius 1 is 0.700 bits per heavy atom. The molecular formula is C26H39BN2Si. The summed E-state index contributed by atoms with van der Waals surface area (Å²) in [5, 5.41) is 0. The van der Waals surface area contributed by atoms with Gasteiger partial charge in [0.15, 0.2) is 0 Å². The SMILES string of the molecule is CCC(C)(c1ccccc1)N1C=CN(C(C)(CC)c2ccccc2)B1C[Si](C)(C)C. The van der Waals surface area contributed by atoms with Crippen LogP contribution in [0.1, 0.15) is 51.7 Å². The Bertz CT molecular complexity index is 785. The molecule has 2 atom stereocenters. The van der Waals surface area contributed by atoms with E-state index in [-0.39, 0.29) is 11.1 Å². The summed E-state index contributed by atoms with van der Waals surface area (Å²) in [6.45, 7) is 17.3. The quantitative estimate of drug-likeness (QED) is 0.422. The van der Waals surface area contributed by atoms with Crippen molar-refractivity contribution >= 4 is 15.1 Å². The highest BCUT2D eigenvalue weighted by molar-refractivity contribution is 6.86. The van der Waals surface area contributed by atoms with Crippen LogP contribution >= 0.6 is 0 Å². The summed E-state index contributed by atoms with van der Waals surface area (Å²) >= 11 is 0. The van der Waals surface area contributed by atoms with E-state index in [0.29, 0.717) is 6.98 Å². The Kier molecular flexibility index (Phi) is 6.57. The second kappa shape index (κ2) is 8.66. The molecule has 2 nitrogen and oxygen atoms in total. The fourth-order valence-corrected chi connectivity index (χ4v) is 6.36. The molecule has 30 heavy (non-hydrogen) atoms. The number of hydrogen-bond acceptors (Lipinski definition) is 2. The maximum Gasteiger partial charge on any atom is 0.373 e. The van der Waals surface area contributed by atoms with Crippen molar-refractivity contribution in [2.75, 3.05) is 0 Å². The van der Waals surface area contributed by atoms with E-state index in [4.69, 9.17) is 0 Å². The molecule has 2 unspecified atom stereocenters. The van der Waals surface area contributed by atoms with E-state index >= 15 is 0 Å². The third-order valence-corrected chi connectivity index (χ3v) is 8.72. The second-order valence-electron chi connectivity index (χ2n) is 10.3. The molecule has 0 saturated heterocycles. The van der Waals surface area contributed by atoms with Crippen LogP contribution in [0.4, 0.5) is 0 Å². The molecule has 1 aliphatic rings. The monoisotopic (exact) mass is 418 g/mol. The zero-order chi connectivity index (χ0) is 22.0. The molecule has 0 spiro atoms. The highest BCUT2D eigenvalue weighted by atomic mass is 28.3. The van der Waals surface area contributed by atoms with Gasteiger partial charge in [-0.2, -0.15) is 0 Å². The zero-order valence-electron chi connectivity index (χ0n) is 20.0. The van der Waals surface area contributed by atoms with E-state index in [9.17, 15) is 0 Å². The number of hydrogen-bond donors (Lipinski definition) is 0. The van der Waals surface area contributed by atoms with E-state index in [1.165, 1.54) is 17.1 Å². The first kappa shape index (κ1) is 22.7. The Balaban J connectivity index is 2.07. The molecule has 0 bridgehead atoms. The summed E-state index contributed by atoms with van der Waals surface area (Å²) in [5.41, 5.74) is 2.75. The molecule has 2 aromatic carbocycles. The van der Waals surface area contributed by atoms with Crippen molar-refractivity contribution < 1.29 is 0 Å². The van der Waals surface area contributed by atoms with Crippen LogP contribution in [0.5, 0.6) is 0 Å². The Morgan fingerprint density at radius 2 is 1.07 bits per heavy atom. The van der Waals surface area contributed by atoms with Gasteiger partial charge >= 0.3 is 6.98 Å². The Morgan fingerprint density at radius 3 is 1.37 bits per heavy atom. The van der Waals surface area contributed by atoms with Crippen molar-refractivity contribution in [3.05, 3.63) is 84.2 Å². The summed E-state index contributed by atoms with van der Waals surface area (Å²) in [7, 11) is -1.31. The lowest BCUT2D eigenvalue weighted by atomic mass is 9.66. The number of nitrogens with zero attached hydrogens (tertiary/aromatic N) is 2. The lowest BCUT2D eigenvalue weighted by Gasteiger charge is -2.49. The number of rotatable bonds is 8. The van der Waals surface area contributed by atoms with E-state index in [0.717, 1.165) is 12.8 Å². The van der Waals surface area contributed by atoms with Crippen molar-refractivity contribution in [2.45, 2.75) is 77.2 Å². The van der Waals surface area contributed by atoms with Crippen molar-refractivity contribution in [3.63, 3.8) is 0 Å². The summed E-state index contributed by atoms with van der Waals surface area (Å²) in [4.78, 5) is 5.33. The van der Waals surface area contributed by atoms with Crippen molar-refractivity contribution in [2.24, 2.45) is 0 Å². The van der Waals surface area contributed by atoms with Crippen LogP contribution in [0.15, 0.2) is 73.1 Å². The lowest BCUT2D eigenvalue weighted by Crippen LogP contribution is -2.59. The molecule has 1 heterocycles. The standard InChI is InChI=1S/C26H39BN2Si/c1-8-25(3,23-16-12-10-13-17-23)28-20-21-29(27(28)22-30(5,6)7)26(4,9-2)24-18-14-11-15-19-24/h10-21H,8-9,22H2,1-7H3. The minimum atomic E-state index is -1.31. The van der Waals surface area contributed by atoms with Gasteiger partial charge in [-0.05, 0) is 43.8 Å². The van der Waals surface area contributed by atoms with Gasteiger partial charge in [-0.1, -0.05) is 94.2 Å². The van der Waals surface area contributed by atoms with Crippen LogP contribution in [0.2, 0.25) is 25.6 Å². The first-order valence-electron chi connectivity index (χ1n) is 11.5. The summed E-state index contributed by atoms with van der Waals surface area (Å²) in [6, 6.07) is 22.1. The third kappa shape index (κ3) is 4.25. The van der Waals surface area contributed by atoms with Gasteiger partial charge in [-0.3, -0.25) is 0 Å². The topological polar surface area (TPSA) is 6.48 Å². The average Bonchev–Trinajstić information content (AvgIpc) is 3.16. The van der Waals surface area contributed by atoms with Crippen molar-refractivity contribution in [1.82, 2.24) is 9.62 Å². The molecule has 0 saturated carbocycles. The maximum absolute atomic E-state index is 2.66. The molecule has 0 fully saturated rings. The van der Waals surface area contributed by atoms with E-state index in [1.807, 2.05) is 0 Å². The Hall–Kier alpha value is -1.94. The molecule has 0 aromatic heterocycles. The normalized spacial score (nSPS) is 18.4. The smallest absolute Gasteiger partial charge is 0.373 e. The molecule has 0 N–H and O–H groups in total. The van der Waals surface area contributed by atoms with Crippen LogP contribution < -0.4 is 0 Å². The van der Waals surface area contributed by atoms with Gasteiger partial charge in [0, 0.05) is 20.5 Å². The van der Waals surface area contributed by atoms with Gasteiger partial charge in [0.2, 0.25) is 0 Å². The van der Waals surface area contributed by atoms with Crippen molar-refractivity contribution in [3.8, 4) is 0 Å². The molecule has 160 valence electrons. The fourth-order valence-electron chi connectivity index (χ4n) is 4.87. The van der Waals surface area contributed by atoms with Gasteiger partial charge < -0.3 is 9.62 Å². The molecule has 0 radical (unpaired) electrons. The predicted octanol–water partition coefficient (Wildman–Crippen LogP) is 7.09. The van der Waals surface area contributed by atoms with Gasteiger partial charge in [0.1, 0.15) is 0 Å². The van der Waals surface area contributed by atoms with Crippen LogP contribution in [0, 0.1) is 0 Å². The lowest BCUT2D eigenvalue weighted by molar-refractivity contribution is 0.221. The van der Waals surface area contributed by atoms with Crippen LogP contribution in [-0.4, -0.2) is 24.7 Å². The summed E-state index contributed by atoms with van der Waals surface area (Å²) in [5.74, 6) is 1.24. The average molecular weight is 419 g/mol. The highest BCUT2D eigenvalue weighted by Crippen LogP contribution is 2.43. The molecule has 3 rings (SSSR count). The summed E-state index contributed by atoms with van der Waals surface area (Å²) in [6.07, 6.45) is 6.90. The first-order valence-corrected chi connectivity index (χ1v) is 15.2. The van der Waals surface area contributed by atoms with Crippen molar-refractivity contribution in [1.29, 1.82) is 0 Å². The predicted molar refractivity (Wildman–Crippen MR) is 135 cm³/mol. The van der Waals surface area contributed by atoms with E-state index < -0.39 is 8.07 Å². The minimum absolute atomic E-state index is 0.0256. The van der Waals surface area contributed by atoms with Gasteiger partial charge in [0.25, 0.3) is 0 Å². The minimum Gasteiger partial charge on any atom is -0.392 e. The second-order valence-corrected chi connectivity index (χ2v) is 15.9. The molecule has 2 aromatic rings. The van der Waals surface area contributed by atoms with Gasteiger partial charge in [-0.25, -0.2) is 0 Å². The van der Waals surface area contributed by atoms with E-state index in [1.54, 1.807) is 0 Å². The first-order chi connectivity index (χ1) is 14.2. The van der Waals surface area contributed by atoms with Crippen LogP contribution in [0.25, 0.3) is 0 Å². The molecule has 1 aliphatic heterocycles. The highest BCUT2D eigenvalue weighted by Gasteiger charge is 2.49. The zero-order valence-corrected chi connectivity index (χ0v) is 21.0. The van der Waals surface area contributed by atoms with Gasteiger partial charge in [0.05, 0.1) is 11.1 Å². The molecule has 4 heteroatoms. The fraction of sp³-hybridized carbons (Fsp3) is 0.462. The largest absolute Gasteiger partial charge is 0.392 e. The summed E-state index contributed by atoms with van der Waals surface area (Å²) < 4.78 is 0. The Labute approximate surface area is 186 Å². The van der Waals surface area contributed by atoms with E-state index in [2.05, 4.69) is 130 Å². The number of benzene rings is 2. The molecule has 0 aliphatic carbocycles. The van der Waals surface area contributed by atoms with Crippen LogP contribution in [0.3, 0.4) is 0 Å². The third-order valence-electron chi connectivity index (χ3n) is 7.13. The maximum atomic E-state index is 2.66. The molecule has 0 amide bonds.